The van der Waals surface area contributed by atoms with Gasteiger partial charge >= 0.3 is 5.97 Å². The van der Waals surface area contributed by atoms with Crippen molar-refractivity contribution in [1.82, 2.24) is 15.2 Å². The molecule has 1 saturated heterocycles. The van der Waals surface area contributed by atoms with Crippen LogP contribution < -0.4 is 5.32 Å². The largest absolute Gasteiger partial charge is 0.465 e. The van der Waals surface area contributed by atoms with E-state index in [1.165, 1.54) is 12.0 Å². The van der Waals surface area contributed by atoms with Gasteiger partial charge in [-0.15, -0.1) is 11.3 Å². The number of ether oxygens (including phenoxy) is 1. The first-order valence-corrected chi connectivity index (χ1v) is 11.2. The number of piperidine rings is 1. The van der Waals surface area contributed by atoms with E-state index < -0.39 is 0 Å². The highest BCUT2D eigenvalue weighted by atomic mass is 32.1. The van der Waals surface area contributed by atoms with Crippen LogP contribution in [0.25, 0.3) is 0 Å². The monoisotopic (exact) mass is 417 g/mol. The SMILES string of the molecule is CCCc1c(C(=O)NCC2CCN(Cc3cccs3)CC2)[nH]c(C)c1C(=O)OC. The third-order valence-electron chi connectivity index (χ3n) is 5.63. The number of esters is 1. The summed E-state index contributed by atoms with van der Waals surface area (Å²) in [7, 11) is 1.37. The van der Waals surface area contributed by atoms with Crippen LogP contribution in [0, 0.1) is 12.8 Å². The first-order valence-electron chi connectivity index (χ1n) is 10.4. The number of thiophene rings is 1. The minimum absolute atomic E-state index is 0.132. The maximum Gasteiger partial charge on any atom is 0.339 e. The average molecular weight is 418 g/mol. The number of carbonyl (C=O) groups is 2. The van der Waals surface area contributed by atoms with Gasteiger partial charge in [-0.25, -0.2) is 4.79 Å². The number of hydrogen-bond acceptors (Lipinski definition) is 5. The van der Waals surface area contributed by atoms with Crippen LogP contribution in [0.4, 0.5) is 0 Å². The first-order chi connectivity index (χ1) is 14.0. The summed E-state index contributed by atoms with van der Waals surface area (Å²) in [6, 6.07) is 4.29. The molecule has 6 nitrogen and oxygen atoms in total. The van der Waals surface area contributed by atoms with Gasteiger partial charge < -0.3 is 15.0 Å². The third kappa shape index (κ3) is 5.28. The quantitative estimate of drug-likeness (QED) is 0.641. The fourth-order valence-electron chi connectivity index (χ4n) is 4.05. The molecule has 1 fully saturated rings. The molecule has 0 saturated carbocycles. The van der Waals surface area contributed by atoms with Gasteiger partial charge in [0.1, 0.15) is 5.69 Å². The van der Waals surface area contributed by atoms with E-state index in [0.29, 0.717) is 35.8 Å². The fraction of sp³-hybridized carbons (Fsp3) is 0.545. The number of nitrogens with one attached hydrogen (secondary N) is 2. The van der Waals surface area contributed by atoms with Gasteiger partial charge in [0.25, 0.3) is 5.91 Å². The second kappa shape index (κ2) is 10.1. The van der Waals surface area contributed by atoms with Crippen LogP contribution in [0.3, 0.4) is 0 Å². The summed E-state index contributed by atoms with van der Waals surface area (Å²) in [4.78, 5) is 32.0. The van der Waals surface area contributed by atoms with Gasteiger partial charge in [0.2, 0.25) is 0 Å². The van der Waals surface area contributed by atoms with E-state index in [1.54, 1.807) is 11.3 Å². The second-order valence-electron chi connectivity index (χ2n) is 7.73. The summed E-state index contributed by atoms with van der Waals surface area (Å²) in [5, 5.41) is 5.21. The summed E-state index contributed by atoms with van der Waals surface area (Å²) in [6.07, 6.45) is 3.69. The van der Waals surface area contributed by atoms with Crippen LogP contribution >= 0.6 is 11.3 Å². The first kappa shape index (κ1) is 21.6. The lowest BCUT2D eigenvalue weighted by Crippen LogP contribution is -2.38. The summed E-state index contributed by atoms with van der Waals surface area (Å²) in [6.45, 7) is 7.67. The Hall–Kier alpha value is -2.12. The lowest BCUT2D eigenvalue weighted by atomic mass is 9.96. The molecule has 3 rings (SSSR count). The number of H-pyrrole nitrogens is 1. The Labute approximate surface area is 176 Å². The molecule has 2 aromatic rings. The molecule has 1 aliphatic rings. The zero-order valence-electron chi connectivity index (χ0n) is 17.5. The summed E-state index contributed by atoms with van der Waals surface area (Å²) in [5.74, 6) is -0.0311. The van der Waals surface area contributed by atoms with Crippen molar-refractivity contribution in [2.45, 2.75) is 46.1 Å². The maximum atomic E-state index is 12.8. The molecule has 1 aliphatic heterocycles. The molecule has 7 heteroatoms. The fourth-order valence-corrected chi connectivity index (χ4v) is 4.79. The zero-order valence-corrected chi connectivity index (χ0v) is 18.4. The van der Waals surface area contributed by atoms with Gasteiger partial charge in [-0.05, 0) is 62.2 Å². The van der Waals surface area contributed by atoms with E-state index in [2.05, 4.69) is 32.7 Å². The van der Waals surface area contributed by atoms with Crippen LogP contribution in [0.5, 0.6) is 0 Å². The normalized spacial score (nSPS) is 15.4. The van der Waals surface area contributed by atoms with Gasteiger partial charge in [-0.2, -0.15) is 0 Å². The van der Waals surface area contributed by atoms with Crippen molar-refractivity contribution in [3.63, 3.8) is 0 Å². The zero-order chi connectivity index (χ0) is 20.8. The minimum Gasteiger partial charge on any atom is -0.465 e. The van der Waals surface area contributed by atoms with Crippen molar-refractivity contribution < 1.29 is 14.3 Å². The minimum atomic E-state index is -0.389. The lowest BCUT2D eigenvalue weighted by molar-refractivity contribution is 0.0599. The lowest BCUT2D eigenvalue weighted by Gasteiger charge is -2.31. The highest BCUT2D eigenvalue weighted by Gasteiger charge is 2.26. The van der Waals surface area contributed by atoms with Crippen molar-refractivity contribution in [3.8, 4) is 0 Å². The van der Waals surface area contributed by atoms with E-state index in [1.807, 2.05) is 13.8 Å². The molecule has 0 spiro atoms. The van der Waals surface area contributed by atoms with Crippen molar-refractivity contribution >= 4 is 23.2 Å². The number of likely N-dealkylation sites (tertiary alicyclic amines) is 1. The maximum absolute atomic E-state index is 12.8. The van der Waals surface area contributed by atoms with Crippen LogP contribution in [-0.4, -0.2) is 48.5 Å². The van der Waals surface area contributed by atoms with E-state index in [9.17, 15) is 9.59 Å². The standard InChI is InChI=1S/C22H31N3O3S/c1-4-6-18-19(22(27)28-3)15(2)24-20(18)21(26)23-13-16-8-10-25(11-9-16)14-17-7-5-12-29-17/h5,7,12,16,24H,4,6,8-11,13-14H2,1-3H3,(H,23,26). The van der Waals surface area contributed by atoms with E-state index in [0.717, 1.165) is 44.5 Å². The van der Waals surface area contributed by atoms with Gasteiger partial charge in [0.05, 0.1) is 12.7 Å². The number of aromatic nitrogens is 1. The van der Waals surface area contributed by atoms with Crippen molar-refractivity contribution in [2.24, 2.45) is 5.92 Å². The Morgan fingerprint density at radius 1 is 1.34 bits per heavy atom. The van der Waals surface area contributed by atoms with Crippen LogP contribution in [0.15, 0.2) is 17.5 Å². The van der Waals surface area contributed by atoms with Crippen LogP contribution in [-0.2, 0) is 17.7 Å². The molecule has 0 unspecified atom stereocenters. The number of aromatic amines is 1. The Bertz CT molecular complexity index is 821. The van der Waals surface area contributed by atoms with E-state index in [-0.39, 0.29) is 11.9 Å². The van der Waals surface area contributed by atoms with Gasteiger partial charge in [0.15, 0.2) is 0 Å². The third-order valence-corrected chi connectivity index (χ3v) is 6.49. The predicted octanol–water partition coefficient (Wildman–Crippen LogP) is 3.77. The molecule has 1 amide bonds. The summed E-state index contributed by atoms with van der Waals surface area (Å²) < 4.78 is 4.91. The number of aryl methyl sites for hydroxylation is 1. The Morgan fingerprint density at radius 3 is 2.72 bits per heavy atom. The smallest absolute Gasteiger partial charge is 0.339 e. The van der Waals surface area contributed by atoms with Crippen LogP contribution in [0.1, 0.15) is 63.2 Å². The van der Waals surface area contributed by atoms with E-state index >= 15 is 0 Å². The summed E-state index contributed by atoms with van der Waals surface area (Å²) in [5.41, 5.74) is 2.45. The average Bonchev–Trinajstić information content (AvgIpc) is 3.35. The molecule has 3 heterocycles. The van der Waals surface area contributed by atoms with Gasteiger partial charge in [-0.1, -0.05) is 19.4 Å². The molecular formula is C22H31N3O3S. The molecule has 0 radical (unpaired) electrons. The van der Waals surface area contributed by atoms with Crippen molar-refractivity contribution in [2.75, 3.05) is 26.7 Å². The Balaban J connectivity index is 1.55. The molecule has 0 atom stereocenters. The molecule has 2 aromatic heterocycles. The molecule has 2 N–H and O–H groups in total. The topological polar surface area (TPSA) is 74.4 Å². The number of rotatable bonds is 8. The highest BCUT2D eigenvalue weighted by Crippen LogP contribution is 2.23. The number of carbonyl (C=O) groups excluding carboxylic acids is 2. The Morgan fingerprint density at radius 2 is 2.10 bits per heavy atom. The van der Waals surface area contributed by atoms with E-state index in [4.69, 9.17) is 4.74 Å². The Kier molecular flexibility index (Phi) is 7.50. The molecule has 0 aliphatic carbocycles. The molecular weight excluding hydrogens is 386 g/mol. The number of hydrogen-bond donors (Lipinski definition) is 2. The van der Waals surface area contributed by atoms with Gasteiger partial charge in [0, 0.05) is 23.7 Å². The van der Waals surface area contributed by atoms with Crippen molar-refractivity contribution in [3.05, 3.63) is 44.9 Å². The number of nitrogens with zero attached hydrogens (tertiary/aromatic N) is 1. The molecule has 29 heavy (non-hydrogen) atoms. The second-order valence-corrected chi connectivity index (χ2v) is 8.76. The number of methoxy groups -OCH3 is 1. The molecule has 158 valence electrons. The van der Waals surface area contributed by atoms with Crippen LogP contribution in [0.2, 0.25) is 0 Å². The van der Waals surface area contributed by atoms with Crippen molar-refractivity contribution in [1.29, 1.82) is 0 Å². The summed E-state index contributed by atoms with van der Waals surface area (Å²) >= 11 is 1.81. The van der Waals surface area contributed by atoms with Gasteiger partial charge in [-0.3, -0.25) is 9.69 Å². The highest BCUT2D eigenvalue weighted by molar-refractivity contribution is 7.09. The predicted molar refractivity (Wildman–Crippen MR) is 116 cm³/mol. The molecule has 0 bridgehead atoms. The molecule has 0 aromatic carbocycles. The number of amides is 1.